The van der Waals surface area contributed by atoms with E-state index in [9.17, 15) is 4.79 Å². The number of carbonyl (C=O) groups excluding carboxylic acids is 1. The maximum atomic E-state index is 11.2. The third-order valence-corrected chi connectivity index (χ3v) is 3.36. The number of aryl methyl sites for hydroxylation is 1. The Balaban J connectivity index is 2.37. The van der Waals surface area contributed by atoms with Crippen molar-refractivity contribution in [1.82, 2.24) is 4.37 Å². The van der Waals surface area contributed by atoms with Gasteiger partial charge in [0.1, 0.15) is 17.3 Å². The molecule has 0 aliphatic rings. The lowest BCUT2D eigenvalue weighted by molar-refractivity contribution is -0.114. The van der Waals surface area contributed by atoms with Crippen LogP contribution < -0.4 is 11.1 Å². The number of nitrogens with two attached hydrogens (primary N) is 1. The molecular weight excluding hydrogens is 288 g/mol. The minimum absolute atomic E-state index is 0.233. The number of hydrogen-bond donors (Lipinski definition) is 2. The Labute approximate surface area is 125 Å². The molecule has 0 fully saturated rings. The molecule has 21 heavy (non-hydrogen) atoms. The number of benzene rings is 1. The maximum Gasteiger partial charge on any atom is 0.221 e. The molecule has 0 aliphatic heterocycles. The van der Waals surface area contributed by atoms with E-state index in [0.29, 0.717) is 33.3 Å². The molecule has 0 saturated carbocycles. The minimum atomic E-state index is -0.233. The highest BCUT2D eigenvalue weighted by Gasteiger charge is 2.10. The van der Waals surface area contributed by atoms with Crippen LogP contribution in [-0.4, -0.2) is 10.3 Å². The summed E-state index contributed by atoms with van der Waals surface area (Å²) >= 11 is 1.10. The first-order valence-corrected chi connectivity index (χ1v) is 6.74. The molecule has 0 radical (unpaired) electrons. The molecule has 2 rings (SSSR count). The Morgan fingerprint density at radius 2 is 2.24 bits per heavy atom. The van der Waals surface area contributed by atoms with Crippen LogP contribution in [-0.2, 0) is 4.79 Å². The van der Waals surface area contributed by atoms with Crippen LogP contribution in [0.3, 0.4) is 0 Å². The van der Waals surface area contributed by atoms with Crippen LogP contribution in [0, 0.1) is 18.3 Å². The highest BCUT2D eigenvalue weighted by molar-refractivity contribution is 7.10. The van der Waals surface area contributed by atoms with Crippen molar-refractivity contribution >= 4 is 39.5 Å². The van der Waals surface area contributed by atoms with Crippen molar-refractivity contribution in [3.8, 4) is 6.07 Å². The summed E-state index contributed by atoms with van der Waals surface area (Å²) < 4.78 is 4.06. The van der Waals surface area contributed by atoms with E-state index in [2.05, 4.69) is 19.9 Å². The second-order valence-electron chi connectivity index (χ2n) is 4.22. The summed E-state index contributed by atoms with van der Waals surface area (Å²) in [6.07, 6.45) is 0. The first kappa shape index (κ1) is 14.6. The quantitative estimate of drug-likeness (QED) is 0.668. The zero-order valence-corrected chi connectivity index (χ0v) is 12.2. The van der Waals surface area contributed by atoms with Crippen molar-refractivity contribution in [1.29, 1.82) is 5.26 Å². The fourth-order valence-corrected chi connectivity index (χ4v) is 2.26. The summed E-state index contributed by atoms with van der Waals surface area (Å²) in [5.74, 6) is -0.233. The minimum Gasteiger partial charge on any atom is -0.399 e. The number of rotatable bonds is 3. The Bertz CT molecular complexity index is 759. The number of anilines is 2. The predicted octanol–water partition coefficient (Wildman–Crippen LogP) is 3.28. The smallest absolute Gasteiger partial charge is 0.221 e. The Kier molecular flexibility index (Phi) is 4.25. The van der Waals surface area contributed by atoms with Crippen LogP contribution in [0.15, 0.2) is 28.4 Å². The number of aromatic nitrogens is 1. The second kappa shape index (κ2) is 6.11. The molecule has 7 nitrogen and oxygen atoms in total. The van der Waals surface area contributed by atoms with Crippen molar-refractivity contribution in [2.24, 2.45) is 10.2 Å². The summed E-state index contributed by atoms with van der Waals surface area (Å²) in [5.41, 5.74) is 8.13. The zero-order chi connectivity index (χ0) is 15.4. The average molecular weight is 300 g/mol. The molecule has 1 aromatic heterocycles. The number of nitrogens with one attached hydrogen (secondary N) is 1. The topological polar surface area (TPSA) is 117 Å². The number of nitrogens with zero attached hydrogens (tertiary/aromatic N) is 4. The molecule has 0 saturated heterocycles. The van der Waals surface area contributed by atoms with E-state index in [0.717, 1.165) is 11.5 Å². The fourth-order valence-electron chi connectivity index (χ4n) is 1.58. The first-order chi connectivity index (χ1) is 10.0. The number of azo groups is 1. The van der Waals surface area contributed by atoms with E-state index < -0.39 is 0 Å². The number of nitriles is 1. The summed E-state index contributed by atoms with van der Waals surface area (Å²) in [4.78, 5) is 11.2. The molecule has 1 amide bonds. The molecular formula is C13H12N6OS. The van der Waals surface area contributed by atoms with E-state index in [1.807, 2.05) is 6.07 Å². The van der Waals surface area contributed by atoms with Crippen LogP contribution in [0.4, 0.5) is 22.1 Å². The van der Waals surface area contributed by atoms with E-state index in [-0.39, 0.29) is 5.91 Å². The van der Waals surface area contributed by atoms with Crippen LogP contribution >= 0.6 is 11.5 Å². The highest BCUT2D eigenvalue weighted by atomic mass is 32.1. The normalized spacial score (nSPS) is 10.5. The Morgan fingerprint density at radius 3 is 2.90 bits per heavy atom. The molecule has 3 N–H and O–H groups in total. The predicted molar refractivity (Wildman–Crippen MR) is 80.9 cm³/mol. The van der Waals surface area contributed by atoms with Gasteiger partial charge in [0.15, 0.2) is 5.00 Å². The van der Waals surface area contributed by atoms with Gasteiger partial charge in [0.2, 0.25) is 5.91 Å². The van der Waals surface area contributed by atoms with Crippen LogP contribution in [0.1, 0.15) is 18.2 Å². The SMILES string of the molecule is CC(=O)Nc1cc(N)ccc1N=Nc1snc(C)c1C#N. The van der Waals surface area contributed by atoms with Crippen LogP contribution in [0.2, 0.25) is 0 Å². The molecule has 1 aromatic carbocycles. The first-order valence-electron chi connectivity index (χ1n) is 5.96. The van der Waals surface area contributed by atoms with Crippen molar-refractivity contribution in [3.63, 3.8) is 0 Å². The summed E-state index contributed by atoms with van der Waals surface area (Å²) in [5, 5.41) is 20.2. The van der Waals surface area contributed by atoms with Crippen LogP contribution in [0.5, 0.6) is 0 Å². The molecule has 0 aliphatic carbocycles. The standard InChI is InChI=1S/C13H12N6OS/c1-7-10(6-14)13(21-19-7)18-17-11-4-3-9(15)5-12(11)16-8(2)20/h3-5H,15H2,1-2H3,(H,16,20). The lowest BCUT2D eigenvalue weighted by atomic mass is 10.2. The summed E-state index contributed by atoms with van der Waals surface area (Å²) in [6, 6.07) is 6.94. The number of amides is 1. The number of carbonyl (C=O) groups is 1. The van der Waals surface area contributed by atoms with Gasteiger partial charge >= 0.3 is 0 Å². The summed E-state index contributed by atoms with van der Waals surface area (Å²) in [7, 11) is 0. The van der Waals surface area contributed by atoms with Gasteiger partial charge in [-0.3, -0.25) is 4.79 Å². The van der Waals surface area contributed by atoms with Gasteiger partial charge in [-0.25, -0.2) is 0 Å². The van der Waals surface area contributed by atoms with Gasteiger partial charge in [-0.15, -0.1) is 10.2 Å². The molecule has 0 spiro atoms. The van der Waals surface area contributed by atoms with E-state index >= 15 is 0 Å². The Hall–Kier alpha value is -2.79. The van der Waals surface area contributed by atoms with E-state index in [4.69, 9.17) is 11.0 Å². The molecule has 0 unspecified atom stereocenters. The number of hydrogen-bond acceptors (Lipinski definition) is 7. The van der Waals surface area contributed by atoms with E-state index in [1.165, 1.54) is 6.92 Å². The Morgan fingerprint density at radius 1 is 1.48 bits per heavy atom. The fraction of sp³-hybridized carbons (Fsp3) is 0.154. The average Bonchev–Trinajstić information content (AvgIpc) is 2.77. The van der Waals surface area contributed by atoms with Gasteiger partial charge in [0.05, 0.1) is 11.4 Å². The third kappa shape index (κ3) is 3.40. The van der Waals surface area contributed by atoms with Crippen molar-refractivity contribution in [2.45, 2.75) is 13.8 Å². The third-order valence-electron chi connectivity index (χ3n) is 2.54. The van der Waals surface area contributed by atoms with Gasteiger partial charge in [0.25, 0.3) is 0 Å². The van der Waals surface area contributed by atoms with Crippen LogP contribution in [0.25, 0.3) is 0 Å². The van der Waals surface area contributed by atoms with Gasteiger partial charge < -0.3 is 11.1 Å². The number of nitrogen functional groups attached to an aromatic ring is 1. The van der Waals surface area contributed by atoms with Crippen molar-refractivity contribution < 1.29 is 4.79 Å². The van der Waals surface area contributed by atoms with Gasteiger partial charge in [-0.2, -0.15) is 9.64 Å². The van der Waals surface area contributed by atoms with Gasteiger partial charge in [-0.05, 0) is 36.7 Å². The van der Waals surface area contributed by atoms with E-state index in [1.54, 1.807) is 25.1 Å². The molecule has 1 heterocycles. The maximum absolute atomic E-state index is 11.2. The van der Waals surface area contributed by atoms with Crippen molar-refractivity contribution in [3.05, 3.63) is 29.5 Å². The molecule has 0 atom stereocenters. The lowest BCUT2D eigenvalue weighted by Gasteiger charge is -2.06. The largest absolute Gasteiger partial charge is 0.399 e. The van der Waals surface area contributed by atoms with Gasteiger partial charge in [0, 0.05) is 12.6 Å². The summed E-state index contributed by atoms with van der Waals surface area (Å²) in [6.45, 7) is 3.13. The second-order valence-corrected chi connectivity index (χ2v) is 4.97. The zero-order valence-electron chi connectivity index (χ0n) is 11.4. The lowest BCUT2D eigenvalue weighted by Crippen LogP contribution is -2.06. The molecule has 0 bridgehead atoms. The molecule has 2 aromatic rings. The monoisotopic (exact) mass is 300 g/mol. The van der Waals surface area contributed by atoms with Gasteiger partial charge in [-0.1, -0.05) is 0 Å². The van der Waals surface area contributed by atoms with Crippen molar-refractivity contribution in [2.75, 3.05) is 11.1 Å². The highest BCUT2D eigenvalue weighted by Crippen LogP contribution is 2.32. The molecule has 8 heteroatoms. The molecule has 106 valence electrons.